The molecule has 1 saturated heterocycles. The number of halogens is 3. The van der Waals surface area contributed by atoms with Gasteiger partial charge in [0.1, 0.15) is 6.04 Å². The average molecular weight is 400 g/mol. The first-order chi connectivity index (χ1) is 13.2. The zero-order valence-corrected chi connectivity index (χ0v) is 17.3. The standard InChI is InChI=1S/C20H32F3N5/c1-5-26(4)15-18-8-6-7-17(13-18)14-25-19(24-3)28-11-9-27(10-12-28)16(2)20(21,22)23/h6-8,13,16H,5,9-12,14-15H2,1-4H3,(H,24,25). The van der Waals surface area contributed by atoms with E-state index in [9.17, 15) is 13.2 Å². The Labute approximate surface area is 166 Å². The van der Waals surface area contributed by atoms with E-state index in [0.29, 0.717) is 32.7 Å². The van der Waals surface area contributed by atoms with E-state index < -0.39 is 12.2 Å². The number of alkyl halides is 3. The van der Waals surface area contributed by atoms with Crippen molar-refractivity contribution in [3.05, 3.63) is 35.4 Å². The minimum Gasteiger partial charge on any atom is -0.352 e. The number of aliphatic imine (C=N–C) groups is 1. The van der Waals surface area contributed by atoms with Gasteiger partial charge < -0.3 is 15.1 Å². The van der Waals surface area contributed by atoms with Gasteiger partial charge in [-0.15, -0.1) is 0 Å². The molecular formula is C20H32F3N5. The highest BCUT2D eigenvalue weighted by Gasteiger charge is 2.41. The lowest BCUT2D eigenvalue weighted by Gasteiger charge is -2.39. The third kappa shape index (κ3) is 6.38. The number of rotatable bonds is 6. The second kappa shape index (κ2) is 10.1. The molecule has 1 aromatic carbocycles. The van der Waals surface area contributed by atoms with Crippen LogP contribution < -0.4 is 5.32 Å². The van der Waals surface area contributed by atoms with Crippen LogP contribution in [0.1, 0.15) is 25.0 Å². The van der Waals surface area contributed by atoms with Gasteiger partial charge in [0.2, 0.25) is 0 Å². The Bertz CT molecular complexity index is 639. The molecule has 1 N–H and O–H groups in total. The molecule has 0 aliphatic carbocycles. The Morgan fingerprint density at radius 2 is 1.86 bits per heavy atom. The summed E-state index contributed by atoms with van der Waals surface area (Å²) >= 11 is 0. The first-order valence-corrected chi connectivity index (χ1v) is 9.77. The van der Waals surface area contributed by atoms with Crippen molar-refractivity contribution in [2.75, 3.05) is 46.8 Å². The first-order valence-electron chi connectivity index (χ1n) is 9.77. The van der Waals surface area contributed by atoms with Gasteiger partial charge in [0.15, 0.2) is 5.96 Å². The molecule has 158 valence electrons. The SMILES string of the molecule is CCN(C)Cc1cccc(CNC(=NC)N2CCN(C(C)C(F)(F)F)CC2)c1. The summed E-state index contributed by atoms with van der Waals surface area (Å²) in [6, 6.07) is 7.00. The lowest BCUT2D eigenvalue weighted by Crippen LogP contribution is -2.56. The van der Waals surface area contributed by atoms with Gasteiger partial charge in [-0.25, -0.2) is 0 Å². The molecule has 0 saturated carbocycles. The maximum atomic E-state index is 12.9. The van der Waals surface area contributed by atoms with Gasteiger partial charge >= 0.3 is 6.18 Å². The third-order valence-corrected chi connectivity index (χ3v) is 5.28. The lowest BCUT2D eigenvalue weighted by atomic mass is 10.1. The molecule has 0 bridgehead atoms. The highest BCUT2D eigenvalue weighted by Crippen LogP contribution is 2.25. The van der Waals surface area contributed by atoms with Crippen LogP contribution in [0.5, 0.6) is 0 Å². The molecule has 0 spiro atoms. The van der Waals surface area contributed by atoms with Gasteiger partial charge in [0, 0.05) is 46.3 Å². The van der Waals surface area contributed by atoms with E-state index in [4.69, 9.17) is 0 Å². The molecule has 1 aliphatic rings. The highest BCUT2D eigenvalue weighted by atomic mass is 19.4. The fourth-order valence-corrected chi connectivity index (χ4v) is 3.30. The fraction of sp³-hybridized carbons (Fsp3) is 0.650. The molecule has 1 aromatic rings. The molecular weight excluding hydrogens is 367 g/mol. The average Bonchev–Trinajstić information content (AvgIpc) is 2.68. The number of benzene rings is 1. The maximum Gasteiger partial charge on any atom is 0.403 e. The fourth-order valence-electron chi connectivity index (χ4n) is 3.30. The van der Waals surface area contributed by atoms with Crippen LogP contribution in [0, 0.1) is 0 Å². The molecule has 1 fully saturated rings. The molecule has 1 atom stereocenters. The second-order valence-corrected chi connectivity index (χ2v) is 7.29. The summed E-state index contributed by atoms with van der Waals surface area (Å²) in [7, 11) is 3.80. The minimum atomic E-state index is -4.18. The largest absolute Gasteiger partial charge is 0.403 e. The Morgan fingerprint density at radius 1 is 1.21 bits per heavy atom. The van der Waals surface area contributed by atoms with Crippen LogP contribution in [0.4, 0.5) is 13.2 Å². The van der Waals surface area contributed by atoms with Gasteiger partial charge in [-0.3, -0.25) is 9.89 Å². The van der Waals surface area contributed by atoms with Gasteiger partial charge in [0.05, 0.1) is 0 Å². The molecule has 2 rings (SSSR count). The first kappa shape index (κ1) is 22.5. The van der Waals surface area contributed by atoms with Crippen LogP contribution in [0.15, 0.2) is 29.3 Å². The number of piperazine rings is 1. The van der Waals surface area contributed by atoms with Crippen LogP contribution in [0.2, 0.25) is 0 Å². The van der Waals surface area contributed by atoms with E-state index in [2.05, 4.69) is 53.4 Å². The summed E-state index contributed by atoms with van der Waals surface area (Å²) in [5, 5.41) is 3.35. The van der Waals surface area contributed by atoms with E-state index in [-0.39, 0.29) is 0 Å². The summed E-state index contributed by atoms with van der Waals surface area (Å²) < 4.78 is 38.7. The monoisotopic (exact) mass is 399 g/mol. The number of guanidine groups is 1. The molecule has 0 amide bonds. The number of nitrogens with one attached hydrogen (secondary N) is 1. The topological polar surface area (TPSA) is 34.1 Å². The van der Waals surface area contributed by atoms with E-state index in [1.165, 1.54) is 17.4 Å². The Balaban J connectivity index is 1.88. The predicted octanol–water partition coefficient (Wildman–Crippen LogP) is 2.78. The molecule has 8 heteroatoms. The highest BCUT2D eigenvalue weighted by molar-refractivity contribution is 5.80. The smallest absolute Gasteiger partial charge is 0.352 e. The van der Waals surface area contributed by atoms with Crippen molar-refractivity contribution in [2.45, 2.75) is 39.2 Å². The maximum absolute atomic E-state index is 12.9. The van der Waals surface area contributed by atoms with Crippen LogP contribution in [-0.2, 0) is 13.1 Å². The zero-order valence-electron chi connectivity index (χ0n) is 17.3. The van der Waals surface area contributed by atoms with E-state index in [0.717, 1.165) is 24.6 Å². The van der Waals surface area contributed by atoms with Crippen molar-refractivity contribution in [3.8, 4) is 0 Å². The summed E-state index contributed by atoms with van der Waals surface area (Å²) in [6.45, 7) is 7.70. The minimum absolute atomic E-state index is 0.375. The van der Waals surface area contributed by atoms with Gasteiger partial charge in [-0.05, 0) is 31.6 Å². The van der Waals surface area contributed by atoms with E-state index in [1.807, 2.05) is 4.90 Å². The molecule has 1 heterocycles. The van der Waals surface area contributed by atoms with Crippen molar-refractivity contribution in [2.24, 2.45) is 4.99 Å². The summed E-state index contributed by atoms with van der Waals surface area (Å²) in [6.07, 6.45) is -4.18. The van der Waals surface area contributed by atoms with Gasteiger partial charge in [-0.2, -0.15) is 13.2 Å². The van der Waals surface area contributed by atoms with E-state index >= 15 is 0 Å². The molecule has 0 radical (unpaired) electrons. The number of hydrogen-bond acceptors (Lipinski definition) is 3. The van der Waals surface area contributed by atoms with E-state index in [1.54, 1.807) is 7.05 Å². The summed E-state index contributed by atoms with van der Waals surface area (Å²) in [5.41, 5.74) is 2.42. The second-order valence-electron chi connectivity index (χ2n) is 7.29. The van der Waals surface area contributed by atoms with Crippen LogP contribution in [0.3, 0.4) is 0 Å². The third-order valence-electron chi connectivity index (χ3n) is 5.28. The zero-order chi connectivity index (χ0) is 20.7. The Kier molecular flexibility index (Phi) is 8.12. The quantitative estimate of drug-likeness (QED) is 0.589. The molecule has 1 aliphatic heterocycles. The van der Waals surface area contributed by atoms with Crippen molar-refractivity contribution < 1.29 is 13.2 Å². The molecule has 5 nitrogen and oxygen atoms in total. The number of nitrogens with zero attached hydrogens (tertiary/aromatic N) is 4. The summed E-state index contributed by atoms with van der Waals surface area (Å²) in [4.78, 5) is 10.1. The number of hydrogen-bond donors (Lipinski definition) is 1. The van der Waals surface area contributed by atoms with Gasteiger partial charge in [-0.1, -0.05) is 31.2 Å². The Hall–Kier alpha value is -1.80. The van der Waals surface area contributed by atoms with Crippen molar-refractivity contribution in [3.63, 3.8) is 0 Å². The van der Waals surface area contributed by atoms with Crippen LogP contribution in [0.25, 0.3) is 0 Å². The predicted molar refractivity (Wildman–Crippen MR) is 107 cm³/mol. The summed E-state index contributed by atoms with van der Waals surface area (Å²) in [5.74, 6) is 0.732. The van der Waals surface area contributed by atoms with Crippen molar-refractivity contribution >= 4 is 5.96 Å². The van der Waals surface area contributed by atoms with Crippen molar-refractivity contribution in [1.82, 2.24) is 20.0 Å². The van der Waals surface area contributed by atoms with Gasteiger partial charge in [0.25, 0.3) is 0 Å². The lowest BCUT2D eigenvalue weighted by molar-refractivity contribution is -0.181. The van der Waals surface area contributed by atoms with Crippen molar-refractivity contribution in [1.29, 1.82) is 0 Å². The molecule has 28 heavy (non-hydrogen) atoms. The molecule has 0 aromatic heterocycles. The normalized spacial score (nSPS) is 17.9. The van der Waals surface area contributed by atoms with Crippen LogP contribution in [-0.4, -0.2) is 79.7 Å². The Morgan fingerprint density at radius 3 is 2.43 bits per heavy atom. The molecule has 1 unspecified atom stereocenters. The van der Waals surface area contributed by atoms with Crippen LogP contribution >= 0.6 is 0 Å².